The number of rotatable bonds is 2. The summed E-state index contributed by atoms with van der Waals surface area (Å²) in [5, 5.41) is 0. The Morgan fingerprint density at radius 1 is 1.25 bits per heavy atom. The molecule has 1 heterocycles. The zero-order valence-corrected chi connectivity index (χ0v) is 7.37. The van der Waals surface area contributed by atoms with Crippen molar-refractivity contribution in [3.8, 4) is 0 Å². The molecule has 0 radical (unpaired) electrons. The summed E-state index contributed by atoms with van der Waals surface area (Å²) < 4.78 is 5.66. The number of hydrogen-bond acceptors (Lipinski definition) is 2. The Bertz CT molecular complexity index is 163. The minimum absolute atomic E-state index is 0.282. The maximum Gasteiger partial charge on any atom is 0.123 e. The third-order valence-electron chi connectivity index (χ3n) is 3.22. The lowest BCUT2D eigenvalue weighted by molar-refractivity contribution is -0.119. The van der Waals surface area contributed by atoms with Crippen molar-refractivity contribution < 1.29 is 9.53 Å². The van der Waals surface area contributed by atoms with E-state index in [-0.39, 0.29) is 5.92 Å². The van der Waals surface area contributed by atoms with Gasteiger partial charge in [0.25, 0.3) is 0 Å². The van der Waals surface area contributed by atoms with E-state index < -0.39 is 0 Å². The van der Waals surface area contributed by atoms with Gasteiger partial charge in [0, 0.05) is 12.5 Å². The summed E-state index contributed by atoms with van der Waals surface area (Å²) in [5.41, 5.74) is 0. The molecule has 0 aromatic carbocycles. The fraction of sp³-hybridized carbons (Fsp3) is 0.900. The Hall–Kier alpha value is -0.370. The molecule has 0 N–H and O–H groups in total. The van der Waals surface area contributed by atoms with Crippen molar-refractivity contribution in [3.05, 3.63) is 0 Å². The molecule has 2 atom stereocenters. The van der Waals surface area contributed by atoms with Crippen LogP contribution < -0.4 is 0 Å². The van der Waals surface area contributed by atoms with Crippen LogP contribution in [0.3, 0.4) is 0 Å². The molecule has 1 aliphatic heterocycles. The minimum Gasteiger partial charge on any atom is -0.378 e. The summed E-state index contributed by atoms with van der Waals surface area (Å²) in [6.07, 6.45) is 7.42. The van der Waals surface area contributed by atoms with Gasteiger partial charge < -0.3 is 9.53 Å². The average molecular weight is 168 g/mol. The van der Waals surface area contributed by atoms with Crippen LogP contribution in [0.2, 0.25) is 0 Å². The molecule has 2 heteroatoms. The zero-order chi connectivity index (χ0) is 8.39. The monoisotopic (exact) mass is 168 g/mol. The molecule has 0 aromatic heterocycles. The molecule has 0 amide bonds. The molecule has 1 aliphatic carbocycles. The molecule has 68 valence electrons. The van der Waals surface area contributed by atoms with Crippen molar-refractivity contribution in [2.45, 2.75) is 38.2 Å². The van der Waals surface area contributed by atoms with Gasteiger partial charge in [-0.15, -0.1) is 0 Å². The molecule has 2 rings (SSSR count). The highest BCUT2D eigenvalue weighted by Crippen LogP contribution is 2.36. The number of carbonyl (C=O) groups is 1. The van der Waals surface area contributed by atoms with Crippen LogP contribution in [0.5, 0.6) is 0 Å². The second-order valence-corrected chi connectivity index (χ2v) is 4.02. The van der Waals surface area contributed by atoms with Gasteiger partial charge in [-0.3, -0.25) is 0 Å². The number of ether oxygens (including phenoxy) is 1. The summed E-state index contributed by atoms with van der Waals surface area (Å²) >= 11 is 0. The minimum atomic E-state index is 0.282. The summed E-state index contributed by atoms with van der Waals surface area (Å²) in [6, 6.07) is 0. The van der Waals surface area contributed by atoms with Crippen LogP contribution in [0.4, 0.5) is 0 Å². The fourth-order valence-corrected chi connectivity index (χ4v) is 2.12. The topological polar surface area (TPSA) is 26.3 Å². The van der Waals surface area contributed by atoms with E-state index in [1.165, 1.54) is 19.3 Å². The van der Waals surface area contributed by atoms with Gasteiger partial charge >= 0.3 is 0 Å². The summed E-state index contributed by atoms with van der Waals surface area (Å²) in [4.78, 5) is 10.6. The molecule has 1 saturated carbocycles. The lowest BCUT2D eigenvalue weighted by Gasteiger charge is -2.37. The fourth-order valence-electron chi connectivity index (χ4n) is 2.12. The van der Waals surface area contributed by atoms with Gasteiger partial charge in [0.1, 0.15) is 6.29 Å². The third kappa shape index (κ3) is 1.53. The number of carbonyl (C=O) groups excluding carboxylic acids is 1. The normalized spacial score (nSPS) is 37.3. The van der Waals surface area contributed by atoms with Crippen LogP contribution in [-0.2, 0) is 9.53 Å². The molecule has 12 heavy (non-hydrogen) atoms. The van der Waals surface area contributed by atoms with E-state index >= 15 is 0 Å². The van der Waals surface area contributed by atoms with E-state index in [9.17, 15) is 4.79 Å². The predicted octanol–water partition coefficient (Wildman–Crippen LogP) is 1.78. The third-order valence-corrected chi connectivity index (χ3v) is 3.22. The Morgan fingerprint density at radius 2 is 2.08 bits per heavy atom. The lowest BCUT2D eigenvalue weighted by Crippen LogP contribution is -2.35. The summed E-state index contributed by atoms with van der Waals surface area (Å²) in [5.74, 6) is 1.05. The second kappa shape index (κ2) is 3.56. The molecule has 0 aromatic rings. The number of hydrogen-bond donors (Lipinski definition) is 0. The van der Waals surface area contributed by atoms with Crippen LogP contribution in [0.15, 0.2) is 0 Å². The van der Waals surface area contributed by atoms with Gasteiger partial charge in [-0.1, -0.05) is 6.42 Å². The molecule has 0 spiro atoms. The molecule has 0 unspecified atom stereocenters. The first-order valence-electron chi connectivity index (χ1n) is 4.97. The van der Waals surface area contributed by atoms with Crippen molar-refractivity contribution in [1.29, 1.82) is 0 Å². The van der Waals surface area contributed by atoms with E-state index in [0.717, 1.165) is 31.7 Å². The maximum absolute atomic E-state index is 10.6. The first kappa shape index (κ1) is 8.24. The van der Waals surface area contributed by atoms with E-state index in [1.54, 1.807) is 0 Å². The molecule has 0 bridgehead atoms. The average Bonchev–Trinajstić information content (AvgIpc) is 2.02. The maximum atomic E-state index is 10.6. The predicted molar refractivity (Wildman–Crippen MR) is 45.9 cm³/mol. The highest BCUT2D eigenvalue weighted by atomic mass is 16.5. The van der Waals surface area contributed by atoms with Crippen LogP contribution >= 0.6 is 0 Å². The second-order valence-electron chi connectivity index (χ2n) is 4.02. The van der Waals surface area contributed by atoms with Crippen molar-refractivity contribution in [1.82, 2.24) is 0 Å². The van der Waals surface area contributed by atoms with Gasteiger partial charge in [-0.25, -0.2) is 0 Å². The van der Waals surface area contributed by atoms with Crippen molar-refractivity contribution >= 4 is 6.29 Å². The Kier molecular flexibility index (Phi) is 2.45. The van der Waals surface area contributed by atoms with Crippen LogP contribution in [0.25, 0.3) is 0 Å². The molecule has 2 fully saturated rings. The zero-order valence-electron chi connectivity index (χ0n) is 7.37. The van der Waals surface area contributed by atoms with Crippen LogP contribution in [-0.4, -0.2) is 19.0 Å². The molecule has 2 nitrogen and oxygen atoms in total. The first-order valence-corrected chi connectivity index (χ1v) is 4.97. The number of aldehydes is 1. The highest BCUT2D eigenvalue weighted by Gasteiger charge is 2.32. The first-order chi connectivity index (χ1) is 5.90. The smallest absolute Gasteiger partial charge is 0.123 e. The van der Waals surface area contributed by atoms with Crippen LogP contribution in [0.1, 0.15) is 32.1 Å². The molecular formula is C10H16O2. The van der Waals surface area contributed by atoms with Gasteiger partial charge in [0.2, 0.25) is 0 Å². The Morgan fingerprint density at radius 3 is 2.67 bits per heavy atom. The van der Waals surface area contributed by atoms with E-state index in [2.05, 4.69) is 0 Å². The Balaban J connectivity index is 1.84. The quantitative estimate of drug-likeness (QED) is 0.587. The van der Waals surface area contributed by atoms with Crippen molar-refractivity contribution in [2.75, 3.05) is 6.61 Å². The van der Waals surface area contributed by atoms with Crippen molar-refractivity contribution in [2.24, 2.45) is 11.8 Å². The van der Waals surface area contributed by atoms with E-state index in [0.29, 0.717) is 6.10 Å². The summed E-state index contributed by atoms with van der Waals surface area (Å²) in [6.45, 7) is 0.796. The van der Waals surface area contributed by atoms with E-state index in [4.69, 9.17) is 4.74 Å². The molecule has 1 saturated heterocycles. The standard InChI is InChI=1S/C10H16O2/c11-7-8-4-5-12-10(6-8)9-2-1-3-9/h7-10H,1-6H2/t8-,10+/m1/s1. The lowest BCUT2D eigenvalue weighted by atomic mass is 9.77. The van der Waals surface area contributed by atoms with E-state index in [1.807, 2.05) is 0 Å². The van der Waals surface area contributed by atoms with Gasteiger partial charge in [0.15, 0.2) is 0 Å². The van der Waals surface area contributed by atoms with Crippen molar-refractivity contribution in [3.63, 3.8) is 0 Å². The van der Waals surface area contributed by atoms with Crippen LogP contribution in [0, 0.1) is 11.8 Å². The molecule has 2 aliphatic rings. The Labute approximate surface area is 73.3 Å². The largest absolute Gasteiger partial charge is 0.378 e. The highest BCUT2D eigenvalue weighted by molar-refractivity contribution is 5.53. The summed E-state index contributed by atoms with van der Waals surface area (Å²) in [7, 11) is 0. The van der Waals surface area contributed by atoms with Gasteiger partial charge in [-0.2, -0.15) is 0 Å². The SMILES string of the molecule is O=C[C@@H]1CCO[C@H](C2CCC2)C1. The van der Waals surface area contributed by atoms with Gasteiger partial charge in [-0.05, 0) is 31.6 Å². The molecular weight excluding hydrogens is 152 g/mol. The van der Waals surface area contributed by atoms with Gasteiger partial charge in [0.05, 0.1) is 6.10 Å².